The van der Waals surface area contributed by atoms with Gasteiger partial charge in [0, 0.05) is 44.8 Å². The van der Waals surface area contributed by atoms with E-state index in [1.54, 1.807) is 18.2 Å². The number of nitrogens with two attached hydrogens (primary N) is 1. The van der Waals surface area contributed by atoms with Crippen LogP contribution in [0.1, 0.15) is 45.5 Å². The Morgan fingerprint density at radius 2 is 1.51 bits per heavy atom. The fourth-order valence-corrected chi connectivity index (χ4v) is 6.94. The Balaban J connectivity index is 0.000000853. The molecule has 49 heavy (non-hydrogen) atoms. The van der Waals surface area contributed by atoms with Crippen molar-refractivity contribution in [3.05, 3.63) is 108 Å². The molecule has 0 spiro atoms. The topological polar surface area (TPSA) is 111 Å². The SMILES string of the molecule is C=C[B-](F)(F)F.C=Cc1cc(C)c(C(=O)N2CCN(c3ccccc3S(N)(=O)=O)CC2)cc1CC1CCN(c2ccccc2C#N)CC1.[K+]. The second kappa shape index (κ2) is 17.9. The molecule has 0 aromatic heterocycles. The molecule has 2 aliphatic heterocycles. The number of amides is 1. The van der Waals surface area contributed by atoms with Crippen LogP contribution >= 0.6 is 0 Å². The van der Waals surface area contributed by atoms with Gasteiger partial charge >= 0.3 is 58.4 Å². The molecule has 0 aliphatic carbocycles. The third kappa shape index (κ3) is 10.8. The number of sulfonamides is 1. The number of benzene rings is 3. The minimum Gasteiger partial charge on any atom is -0.445 e. The standard InChI is InChI=1S/C33H37N5O3S.C2H3BF3.K/c1-3-26-20-24(2)29(22-28(26)21-25-12-14-36(15-13-25)30-9-5-4-8-27(30)23-34)33(39)38-18-16-37(17-19-38)31-10-6-7-11-32(31)42(35,40)41;1-2-3(4,5)6;/h3-11,20,22,25H,1,12-19,21H2,2H3,(H2,35,40,41);2H,1H2;/q;-1;+1. The maximum absolute atomic E-state index is 13.7. The van der Waals surface area contributed by atoms with Gasteiger partial charge in [-0.05, 0) is 79.1 Å². The summed E-state index contributed by atoms with van der Waals surface area (Å²) in [5.41, 5.74) is 6.10. The molecule has 3 aromatic rings. The Hall–Kier alpha value is -2.90. The van der Waals surface area contributed by atoms with E-state index in [1.807, 2.05) is 47.1 Å². The molecule has 1 amide bonds. The van der Waals surface area contributed by atoms with Gasteiger partial charge in [0.2, 0.25) is 10.0 Å². The molecule has 2 saturated heterocycles. The van der Waals surface area contributed by atoms with Gasteiger partial charge in [0.05, 0.1) is 16.9 Å². The molecule has 0 atom stereocenters. The number of hydrogen-bond acceptors (Lipinski definition) is 6. The minimum atomic E-state index is -4.72. The van der Waals surface area contributed by atoms with Crippen LogP contribution in [0.3, 0.4) is 0 Å². The smallest absolute Gasteiger partial charge is 0.445 e. The largest absolute Gasteiger partial charge is 1.00 e. The Kier molecular flexibility index (Phi) is 14.8. The summed E-state index contributed by atoms with van der Waals surface area (Å²) in [5.74, 6) is 0.467. The van der Waals surface area contributed by atoms with Gasteiger partial charge in [-0.25, -0.2) is 13.6 Å². The number of aryl methyl sites for hydroxylation is 1. The summed E-state index contributed by atoms with van der Waals surface area (Å²) < 4.78 is 56.4. The number of carbonyl (C=O) groups excluding carboxylic acids is 1. The van der Waals surface area contributed by atoms with Crippen molar-refractivity contribution in [3.8, 4) is 6.07 Å². The van der Waals surface area contributed by atoms with E-state index in [1.165, 1.54) is 6.07 Å². The molecule has 2 heterocycles. The third-order valence-corrected chi connectivity index (χ3v) is 9.73. The molecule has 0 saturated carbocycles. The zero-order valence-corrected chi connectivity index (χ0v) is 31.9. The van der Waals surface area contributed by atoms with E-state index >= 15 is 0 Å². The molecular formula is C35H40BF3KN5O3S. The van der Waals surface area contributed by atoms with Crippen LogP contribution in [0.5, 0.6) is 0 Å². The normalized spacial score (nSPS) is 15.3. The number of nitriles is 1. The van der Waals surface area contributed by atoms with Crippen molar-refractivity contribution in [2.75, 3.05) is 49.1 Å². The van der Waals surface area contributed by atoms with Gasteiger partial charge in [-0.2, -0.15) is 11.2 Å². The van der Waals surface area contributed by atoms with Crippen LogP contribution in [0.15, 0.2) is 84.7 Å². The zero-order valence-electron chi connectivity index (χ0n) is 28.0. The van der Waals surface area contributed by atoms with Crippen molar-refractivity contribution in [3.63, 3.8) is 0 Å². The first-order valence-corrected chi connectivity index (χ1v) is 17.3. The first-order chi connectivity index (χ1) is 22.7. The van der Waals surface area contributed by atoms with Gasteiger partial charge in [-0.3, -0.25) is 4.79 Å². The van der Waals surface area contributed by atoms with Gasteiger partial charge in [-0.15, -0.1) is 6.58 Å². The maximum atomic E-state index is 13.7. The third-order valence-electron chi connectivity index (χ3n) is 8.77. The molecule has 254 valence electrons. The predicted octanol–water partition coefficient (Wildman–Crippen LogP) is 3.14. The molecular weight excluding hydrogens is 677 g/mol. The average molecular weight is 718 g/mol. The Morgan fingerprint density at radius 3 is 2.06 bits per heavy atom. The van der Waals surface area contributed by atoms with Crippen LogP contribution < -0.4 is 66.3 Å². The number of carbonyl (C=O) groups is 1. The van der Waals surface area contributed by atoms with Crippen LogP contribution in [0.4, 0.5) is 24.3 Å². The molecule has 14 heteroatoms. The number of para-hydroxylation sites is 2. The van der Waals surface area contributed by atoms with Gasteiger partial charge in [0.1, 0.15) is 11.0 Å². The summed E-state index contributed by atoms with van der Waals surface area (Å²) >= 11 is 0. The summed E-state index contributed by atoms with van der Waals surface area (Å²) in [6, 6.07) is 20.9. The molecule has 0 radical (unpaired) electrons. The number of piperazine rings is 1. The van der Waals surface area contributed by atoms with Gasteiger partial charge in [0.25, 0.3) is 5.91 Å². The second-order valence-electron chi connectivity index (χ2n) is 12.0. The fraction of sp³-hybridized carbons (Fsp3) is 0.314. The molecule has 2 fully saturated rings. The molecule has 3 aromatic carbocycles. The molecule has 2 aliphatic rings. The van der Waals surface area contributed by atoms with Crippen molar-refractivity contribution in [2.24, 2.45) is 11.1 Å². The molecule has 5 rings (SSSR count). The number of piperidine rings is 1. The number of primary sulfonamides is 1. The number of rotatable bonds is 8. The summed E-state index contributed by atoms with van der Waals surface area (Å²) in [6.45, 7) is 7.60. The molecule has 0 unspecified atom stereocenters. The van der Waals surface area contributed by atoms with Crippen LogP contribution in [-0.2, 0) is 16.4 Å². The summed E-state index contributed by atoms with van der Waals surface area (Å²) in [5, 5.41) is 14.9. The minimum absolute atomic E-state index is 0. The average Bonchev–Trinajstić information content (AvgIpc) is 3.08. The number of anilines is 2. The molecule has 8 nitrogen and oxygen atoms in total. The molecule has 0 bridgehead atoms. The summed E-state index contributed by atoms with van der Waals surface area (Å²) in [4.78, 5) is 20.0. The number of nitrogens with zero attached hydrogens (tertiary/aromatic N) is 4. The first kappa shape index (κ1) is 40.5. The Labute approximate surface area is 330 Å². The number of halogens is 3. The van der Waals surface area contributed by atoms with Crippen molar-refractivity contribution in [2.45, 2.75) is 31.1 Å². The van der Waals surface area contributed by atoms with E-state index in [-0.39, 0.29) is 68.2 Å². The van der Waals surface area contributed by atoms with Crippen LogP contribution in [0.25, 0.3) is 6.08 Å². The van der Waals surface area contributed by atoms with Gasteiger partial charge in [-0.1, -0.05) is 43.0 Å². The zero-order chi connectivity index (χ0) is 35.1. The van der Waals surface area contributed by atoms with Crippen LogP contribution in [0.2, 0.25) is 0 Å². The predicted molar refractivity (Wildman–Crippen MR) is 186 cm³/mol. The van der Waals surface area contributed by atoms with E-state index in [2.05, 4.69) is 36.3 Å². The van der Waals surface area contributed by atoms with Gasteiger partial charge < -0.3 is 27.6 Å². The van der Waals surface area contributed by atoms with E-state index in [0.29, 0.717) is 48.9 Å². The van der Waals surface area contributed by atoms with Crippen molar-refractivity contribution >= 4 is 40.4 Å². The van der Waals surface area contributed by atoms with Crippen molar-refractivity contribution in [1.29, 1.82) is 5.26 Å². The van der Waals surface area contributed by atoms with Gasteiger partial charge in [0.15, 0.2) is 0 Å². The van der Waals surface area contributed by atoms with Crippen molar-refractivity contribution < 1.29 is 77.5 Å². The Morgan fingerprint density at radius 1 is 0.959 bits per heavy atom. The summed E-state index contributed by atoms with van der Waals surface area (Å²) in [6.07, 6.45) is 4.76. The van der Waals surface area contributed by atoms with Crippen molar-refractivity contribution in [1.82, 2.24) is 4.90 Å². The quantitative estimate of drug-likeness (QED) is 0.359. The van der Waals surface area contributed by atoms with Crippen LogP contribution in [-0.4, -0.2) is 65.5 Å². The second-order valence-corrected chi connectivity index (χ2v) is 13.5. The van der Waals surface area contributed by atoms with E-state index in [9.17, 15) is 31.4 Å². The molecule has 2 N–H and O–H groups in total. The van der Waals surface area contributed by atoms with E-state index in [0.717, 1.165) is 54.7 Å². The maximum Gasteiger partial charge on any atom is 1.00 e. The van der Waals surface area contributed by atoms with Crippen LogP contribution in [0, 0.1) is 24.2 Å². The Bertz CT molecular complexity index is 1800. The monoisotopic (exact) mass is 717 g/mol. The summed E-state index contributed by atoms with van der Waals surface area (Å²) in [7, 11) is -3.85. The fourth-order valence-electron chi connectivity index (χ4n) is 6.19. The first-order valence-electron chi connectivity index (χ1n) is 15.7. The van der Waals surface area contributed by atoms with E-state index in [4.69, 9.17) is 5.14 Å². The van der Waals surface area contributed by atoms with E-state index < -0.39 is 17.0 Å². The number of hydrogen-bond donors (Lipinski definition) is 1.